The van der Waals surface area contributed by atoms with Gasteiger partial charge in [0.05, 0.1) is 17.6 Å². The van der Waals surface area contributed by atoms with Crippen molar-refractivity contribution in [1.82, 2.24) is 14.9 Å². The van der Waals surface area contributed by atoms with E-state index in [0.29, 0.717) is 18.0 Å². The summed E-state index contributed by atoms with van der Waals surface area (Å²) >= 11 is 0. The van der Waals surface area contributed by atoms with E-state index >= 15 is 0 Å². The van der Waals surface area contributed by atoms with Gasteiger partial charge in [0.25, 0.3) is 5.91 Å². The number of aromatic nitrogens is 2. The first-order valence-corrected chi connectivity index (χ1v) is 7.44. The number of hydrogen-bond acceptors (Lipinski definition) is 3. The van der Waals surface area contributed by atoms with Gasteiger partial charge in [-0.1, -0.05) is 0 Å². The van der Waals surface area contributed by atoms with E-state index in [1.165, 1.54) is 0 Å². The molecule has 21 heavy (non-hydrogen) atoms. The third-order valence-corrected chi connectivity index (χ3v) is 4.17. The van der Waals surface area contributed by atoms with Crippen LogP contribution in [0.2, 0.25) is 0 Å². The van der Waals surface area contributed by atoms with Gasteiger partial charge in [-0.3, -0.25) is 4.79 Å². The number of aryl methyl sites for hydroxylation is 2. The van der Waals surface area contributed by atoms with Gasteiger partial charge < -0.3 is 14.6 Å². The second-order valence-electron chi connectivity index (χ2n) is 5.71. The lowest BCUT2D eigenvalue weighted by Gasteiger charge is -2.22. The van der Waals surface area contributed by atoms with E-state index < -0.39 is 0 Å². The van der Waals surface area contributed by atoms with Crippen LogP contribution in [-0.4, -0.2) is 35.2 Å². The molecule has 0 bridgehead atoms. The van der Waals surface area contributed by atoms with Gasteiger partial charge in [0.2, 0.25) is 0 Å². The molecule has 2 heterocycles. The smallest absolute Gasteiger partial charge is 0.251 e. The quantitative estimate of drug-likeness (QED) is 0.940. The molecule has 0 unspecified atom stereocenters. The maximum atomic E-state index is 12.2. The summed E-state index contributed by atoms with van der Waals surface area (Å²) in [6.07, 6.45) is 2.21. The van der Waals surface area contributed by atoms with Crippen LogP contribution < -0.4 is 5.32 Å². The fraction of sp³-hybridized carbons (Fsp3) is 0.500. The average molecular weight is 287 g/mol. The Morgan fingerprint density at radius 2 is 2.38 bits per heavy atom. The van der Waals surface area contributed by atoms with Crippen molar-refractivity contribution >= 4 is 16.9 Å². The maximum Gasteiger partial charge on any atom is 0.251 e. The van der Waals surface area contributed by atoms with Crippen LogP contribution in [0.3, 0.4) is 0 Å². The lowest BCUT2D eigenvalue weighted by molar-refractivity contribution is 0.0536. The summed E-state index contributed by atoms with van der Waals surface area (Å²) in [5.74, 6) is 1.34. The first-order valence-electron chi connectivity index (χ1n) is 7.44. The number of amides is 1. The standard InChI is InChI=1S/C16H21N3O2/c1-11-18-14-8-13(5-6-15(14)19(11)2)16(20)17-9-12-4-3-7-21-10-12/h5-6,8,12H,3-4,7,9-10H2,1-2H3,(H,17,20)/t12-/m1/s1. The lowest BCUT2D eigenvalue weighted by atomic mass is 10.0. The normalized spacial score (nSPS) is 18.9. The van der Waals surface area contributed by atoms with Crippen molar-refractivity contribution in [2.75, 3.05) is 19.8 Å². The highest BCUT2D eigenvalue weighted by molar-refractivity contribution is 5.97. The molecule has 1 aliphatic rings. The zero-order valence-electron chi connectivity index (χ0n) is 12.6. The predicted octanol–water partition coefficient (Wildman–Crippen LogP) is 2.04. The van der Waals surface area contributed by atoms with E-state index in [4.69, 9.17) is 4.74 Å². The minimum atomic E-state index is -0.0363. The Morgan fingerprint density at radius 3 is 3.14 bits per heavy atom. The van der Waals surface area contributed by atoms with Crippen molar-refractivity contribution < 1.29 is 9.53 Å². The summed E-state index contributed by atoms with van der Waals surface area (Å²) in [7, 11) is 1.98. The van der Waals surface area contributed by atoms with Gasteiger partial charge in [-0.05, 0) is 43.9 Å². The summed E-state index contributed by atoms with van der Waals surface area (Å²) in [4.78, 5) is 16.7. The third-order valence-electron chi connectivity index (χ3n) is 4.17. The Balaban J connectivity index is 1.69. The highest BCUT2D eigenvalue weighted by Crippen LogP contribution is 2.17. The number of benzene rings is 1. The molecule has 0 saturated carbocycles. The predicted molar refractivity (Wildman–Crippen MR) is 81.3 cm³/mol. The molecule has 1 aromatic carbocycles. The molecule has 1 amide bonds. The van der Waals surface area contributed by atoms with Crippen LogP contribution in [0.5, 0.6) is 0 Å². The minimum Gasteiger partial charge on any atom is -0.381 e. The molecule has 2 aromatic rings. The number of imidazole rings is 1. The molecule has 0 aliphatic carbocycles. The number of nitrogens with zero attached hydrogens (tertiary/aromatic N) is 2. The molecule has 5 heteroatoms. The molecule has 1 saturated heterocycles. The first-order chi connectivity index (χ1) is 10.1. The van der Waals surface area contributed by atoms with E-state index in [-0.39, 0.29) is 5.91 Å². The van der Waals surface area contributed by atoms with Crippen LogP contribution in [0.15, 0.2) is 18.2 Å². The molecule has 5 nitrogen and oxygen atoms in total. The Morgan fingerprint density at radius 1 is 1.52 bits per heavy atom. The number of ether oxygens (including phenoxy) is 1. The Hall–Kier alpha value is -1.88. The van der Waals surface area contributed by atoms with E-state index in [2.05, 4.69) is 10.3 Å². The molecule has 3 rings (SSSR count). The van der Waals surface area contributed by atoms with Crippen LogP contribution in [0.1, 0.15) is 29.0 Å². The van der Waals surface area contributed by atoms with Crippen molar-refractivity contribution in [2.24, 2.45) is 13.0 Å². The van der Waals surface area contributed by atoms with Crippen molar-refractivity contribution in [1.29, 1.82) is 0 Å². The molecule has 112 valence electrons. The summed E-state index contributed by atoms with van der Waals surface area (Å²) in [5.41, 5.74) is 2.57. The second-order valence-corrected chi connectivity index (χ2v) is 5.71. The van der Waals surface area contributed by atoms with E-state index in [1.807, 2.05) is 36.7 Å². The van der Waals surface area contributed by atoms with Crippen molar-refractivity contribution in [3.63, 3.8) is 0 Å². The Bertz CT molecular complexity index is 657. The highest BCUT2D eigenvalue weighted by atomic mass is 16.5. The zero-order chi connectivity index (χ0) is 14.8. The van der Waals surface area contributed by atoms with Crippen molar-refractivity contribution in [3.8, 4) is 0 Å². The molecule has 1 N–H and O–H groups in total. The molecule has 0 radical (unpaired) electrons. The number of fused-ring (bicyclic) bond motifs is 1. The number of carbonyl (C=O) groups is 1. The summed E-state index contributed by atoms with van der Waals surface area (Å²) in [6.45, 7) is 4.24. The fourth-order valence-electron chi connectivity index (χ4n) is 2.77. The molecule has 1 atom stereocenters. The summed E-state index contributed by atoms with van der Waals surface area (Å²) < 4.78 is 7.45. The zero-order valence-corrected chi connectivity index (χ0v) is 12.6. The third kappa shape index (κ3) is 2.93. The highest BCUT2D eigenvalue weighted by Gasteiger charge is 2.16. The SMILES string of the molecule is Cc1nc2cc(C(=O)NC[C@H]3CCCOC3)ccc2n1C. The Labute approximate surface area is 124 Å². The molecule has 1 aromatic heterocycles. The fourth-order valence-corrected chi connectivity index (χ4v) is 2.77. The van der Waals surface area contributed by atoms with Crippen molar-refractivity contribution in [3.05, 3.63) is 29.6 Å². The molecule has 1 aliphatic heterocycles. The van der Waals surface area contributed by atoms with Crippen LogP contribution in [0.4, 0.5) is 0 Å². The molecular formula is C16H21N3O2. The van der Waals surface area contributed by atoms with Crippen LogP contribution in [0.25, 0.3) is 11.0 Å². The minimum absolute atomic E-state index is 0.0363. The average Bonchev–Trinajstić information content (AvgIpc) is 2.80. The summed E-state index contributed by atoms with van der Waals surface area (Å²) in [5, 5.41) is 3.00. The van der Waals surface area contributed by atoms with Crippen molar-refractivity contribution in [2.45, 2.75) is 19.8 Å². The number of carbonyl (C=O) groups excluding carboxylic acids is 1. The molecule has 1 fully saturated rings. The van der Waals surface area contributed by atoms with E-state index in [9.17, 15) is 4.79 Å². The second kappa shape index (κ2) is 5.85. The van der Waals surface area contributed by atoms with Gasteiger partial charge in [0.1, 0.15) is 5.82 Å². The first kappa shape index (κ1) is 14.1. The monoisotopic (exact) mass is 287 g/mol. The van der Waals surface area contributed by atoms with Crippen LogP contribution in [0, 0.1) is 12.8 Å². The topological polar surface area (TPSA) is 56.1 Å². The van der Waals surface area contributed by atoms with Crippen LogP contribution >= 0.6 is 0 Å². The lowest BCUT2D eigenvalue weighted by Crippen LogP contribution is -2.33. The Kier molecular flexibility index (Phi) is 3.92. The van der Waals surface area contributed by atoms with Gasteiger partial charge >= 0.3 is 0 Å². The molecular weight excluding hydrogens is 266 g/mol. The van der Waals surface area contributed by atoms with Crippen LogP contribution in [-0.2, 0) is 11.8 Å². The van der Waals surface area contributed by atoms with Gasteiger partial charge in [-0.25, -0.2) is 4.98 Å². The molecule has 0 spiro atoms. The van der Waals surface area contributed by atoms with Gasteiger partial charge in [-0.15, -0.1) is 0 Å². The number of hydrogen-bond donors (Lipinski definition) is 1. The maximum absolute atomic E-state index is 12.2. The van der Waals surface area contributed by atoms with Gasteiger partial charge in [0.15, 0.2) is 0 Å². The number of nitrogens with one attached hydrogen (secondary N) is 1. The van der Waals surface area contributed by atoms with Gasteiger partial charge in [-0.2, -0.15) is 0 Å². The largest absolute Gasteiger partial charge is 0.381 e. The van der Waals surface area contributed by atoms with E-state index in [1.54, 1.807) is 0 Å². The summed E-state index contributed by atoms with van der Waals surface area (Å²) in [6, 6.07) is 5.67. The van der Waals surface area contributed by atoms with Gasteiger partial charge in [0, 0.05) is 25.8 Å². The van der Waals surface area contributed by atoms with E-state index in [0.717, 1.165) is 42.9 Å². The number of rotatable bonds is 3.